The van der Waals surface area contributed by atoms with Gasteiger partial charge >= 0.3 is 18.4 Å². The standard InChI is InChI=1S/C31H31F6N3O3/c1-21(23-14-25(30(32,33)34)16-26(15-23)31(35,36)37)43-20-29(24-10-6-3-7-11-24)13-12-28(39,18-38)19-40(29)27(41)42-17-22-8-4-2-5-9-22/h2-11,14-15,21,25H,12-13,16-17,19-20,39H2,1H3/t21-,25?,28-,29-/m1/s1. The van der Waals surface area contributed by atoms with E-state index in [1.54, 1.807) is 60.7 Å². The van der Waals surface area contributed by atoms with Crippen molar-refractivity contribution in [1.29, 1.82) is 5.26 Å². The van der Waals surface area contributed by atoms with E-state index in [-0.39, 0.29) is 38.2 Å². The number of rotatable bonds is 7. The van der Waals surface area contributed by atoms with E-state index in [9.17, 15) is 36.4 Å². The van der Waals surface area contributed by atoms with Gasteiger partial charge in [-0.05, 0) is 49.0 Å². The first kappa shape index (κ1) is 32.1. The van der Waals surface area contributed by atoms with Gasteiger partial charge in [-0.25, -0.2) is 4.79 Å². The minimum Gasteiger partial charge on any atom is -0.445 e. The molecule has 1 unspecified atom stereocenters. The maximum atomic E-state index is 13.6. The molecule has 4 atom stereocenters. The number of nitrogens with two attached hydrogens (primary N) is 1. The number of carbonyl (C=O) groups excluding carboxylic acids is 1. The summed E-state index contributed by atoms with van der Waals surface area (Å²) in [5.41, 5.74) is 3.29. The fraction of sp³-hybridized carbons (Fsp3) is 0.419. The van der Waals surface area contributed by atoms with Crippen LogP contribution < -0.4 is 5.73 Å². The molecule has 0 radical (unpaired) electrons. The Labute approximate surface area is 245 Å². The van der Waals surface area contributed by atoms with E-state index in [4.69, 9.17) is 15.2 Å². The molecule has 1 aliphatic carbocycles. The van der Waals surface area contributed by atoms with Crippen LogP contribution in [0.25, 0.3) is 0 Å². The number of allylic oxidation sites excluding steroid dienone is 2. The van der Waals surface area contributed by atoms with Crippen molar-refractivity contribution in [2.24, 2.45) is 11.7 Å². The highest BCUT2D eigenvalue weighted by atomic mass is 19.4. The number of hydrogen-bond donors (Lipinski definition) is 1. The molecule has 2 N–H and O–H groups in total. The van der Waals surface area contributed by atoms with Gasteiger partial charge in [-0.3, -0.25) is 4.90 Å². The van der Waals surface area contributed by atoms with Crippen molar-refractivity contribution < 1.29 is 40.6 Å². The van der Waals surface area contributed by atoms with E-state index < -0.39 is 53.5 Å². The Morgan fingerprint density at radius 3 is 2.28 bits per heavy atom. The third-order valence-corrected chi connectivity index (χ3v) is 7.90. The van der Waals surface area contributed by atoms with Gasteiger partial charge in [-0.2, -0.15) is 31.6 Å². The smallest absolute Gasteiger partial charge is 0.412 e. The lowest BCUT2D eigenvalue weighted by molar-refractivity contribution is -0.166. The summed E-state index contributed by atoms with van der Waals surface area (Å²) in [7, 11) is 0. The number of hydrogen-bond acceptors (Lipinski definition) is 5. The molecular formula is C31H31F6N3O3. The molecule has 4 rings (SSSR count). The van der Waals surface area contributed by atoms with E-state index in [1.807, 2.05) is 6.07 Å². The molecule has 0 spiro atoms. The van der Waals surface area contributed by atoms with Crippen LogP contribution >= 0.6 is 0 Å². The molecule has 2 aromatic rings. The summed E-state index contributed by atoms with van der Waals surface area (Å²) in [4.78, 5) is 14.9. The Bertz CT molecular complexity index is 1390. The Morgan fingerprint density at radius 1 is 1.07 bits per heavy atom. The quantitative estimate of drug-likeness (QED) is 0.345. The van der Waals surface area contributed by atoms with Gasteiger partial charge in [-0.1, -0.05) is 66.7 Å². The highest BCUT2D eigenvalue weighted by molar-refractivity contribution is 5.70. The predicted molar refractivity (Wildman–Crippen MR) is 145 cm³/mol. The Hall–Kier alpha value is -3.82. The zero-order chi connectivity index (χ0) is 31.5. The first-order chi connectivity index (χ1) is 20.2. The third kappa shape index (κ3) is 7.40. The summed E-state index contributed by atoms with van der Waals surface area (Å²) in [6.07, 6.45) is -11.4. The SMILES string of the molecule is C[C@@H](OC[C@@]1(c2ccccc2)CC[C@@](N)(C#N)CN1C(=O)OCc1ccccc1)C1=CC(C(F)(F)F)CC(C(F)(F)F)=C1. The number of nitrogens with zero attached hydrogens (tertiary/aromatic N) is 2. The summed E-state index contributed by atoms with van der Waals surface area (Å²) in [6.45, 7) is 0.709. The van der Waals surface area contributed by atoms with E-state index >= 15 is 0 Å². The Morgan fingerprint density at radius 2 is 1.70 bits per heavy atom. The number of likely N-dealkylation sites (tertiary alicyclic amines) is 1. The zero-order valence-corrected chi connectivity index (χ0v) is 23.3. The lowest BCUT2D eigenvalue weighted by Gasteiger charge is -2.50. The van der Waals surface area contributed by atoms with Gasteiger partial charge in [0.25, 0.3) is 0 Å². The van der Waals surface area contributed by atoms with Gasteiger partial charge in [0.15, 0.2) is 0 Å². The molecule has 0 aromatic heterocycles. The highest BCUT2D eigenvalue weighted by Crippen LogP contribution is 2.44. The molecule has 2 aromatic carbocycles. The number of benzene rings is 2. The van der Waals surface area contributed by atoms with Gasteiger partial charge in [0.2, 0.25) is 0 Å². The van der Waals surface area contributed by atoms with Crippen LogP contribution in [0.2, 0.25) is 0 Å². The number of ether oxygens (including phenoxy) is 2. The van der Waals surface area contributed by atoms with Gasteiger partial charge in [0.1, 0.15) is 12.1 Å². The van der Waals surface area contributed by atoms with Gasteiger partial charge in [0, 0.05) is 5.57 Å². The topological polar surface area (TPSA) is 88.6 Å². The van der Waals surface area contributed by atoms with Gasteiger partial charge in [0.05, 0.1) is 36.8 Å². The normalized spacial score (nSPS) is 25.3. The molecule has 230 valence electrons. The number of halogens is 6. The van der Waals surface area contributed by atoms with Crippen LogP contribution in [-0.4, -0.2) is 48.1 Å². The number of carbonyl (C=O) groups is 1. The second-order valence-corrected chi connectivity index (χ2v) is 10.9. The summed E-state index contributed by atoms with van der Waals surface area (Å²) >= 11 is 0. The summed E-state index contributed by atoms with van der Waals surface area (Å²) in [6, 6.07) is 19.5. The summed E-state index contributed by atoms with van der Waals surface area (Å²) in [5.74, 6) is -2.33. The van der Waals surface area contributed by atoms with Crippen LogP contribution in [0.4, 0.5) is 31.1 Å². The van der Waals surface area contributed by atoms with Crippen LogP contribution in [0.1, 0.15) is 37.3 Å². The van der Waals surface area contributed by atoms with Crippen molar-refractivity contribution >= 4 is 6.09 Å². The van der Waals surface area contributed by atoms with Crippen LogP contribution in [-0.2, 0) is 21.6 Å². The maximum Gasteiger partial charge on any atom is 0.412 e. The number of amides is 1. The number of alkyl halides is 6. The fourth-order valence-electron chi connectivity index (χ4n) is 5.34. The molecule has 1 saturated heterocycles. The molecule has 1 fully saturated rings. The lowest BCUT2D eigenvalue weighted by atomic mass is 9.75. The van der Waals surface area contributed by atoms with Crippen molar-refractivity contribution in [2.45, 2.75) is 62.3 Å². The van der Waals surface area contributed by atoms with E-state index in [0.29, 0.717) is 17.2 Å². The Kier molecular flexibility index (Phi) is 9.27. The molecule has 2 aliphatic rings. The number of nitriles is 1. The van der Waals surface area contributed by atoms with Crippen molar-refractivity contribution in [3.8, 4) is 6.07 Å². The molecule has 0 bridgehead atoms. The van der Waals surface area contributed by atoms with Gasteiger partial charge < -0.3 is 15.2 Å². The lowest BCUT2D eigenvalue weighted by Crippen LogP contribution is -2.64. The zero-order valence-electron chi connectivity index (χ0n) is 23.3. The molecule has 0 saturated carbocycles. The summed E-state index contributed by atoms with van der Waals surface area (Å²) < 4.78 is 92.9. The molecule has 43 heavy (non-hydrogen) atoms. The highest BCUT2D eigenvalue weighted by Gasteiger charge is 2.51. The minimum atomic E-state index is -4.95. The third-order valence-electron chi connectivity index (χ3n) is 7.90. The maximum absolute atomic E-state index is 13.6. The van der Waals surface area contributed by atoms with Crippen LogP contribution in [0, 0.1) is 17.2 Å². The average molecular weight is 608 g/mol. The largest absolute Gasteiger partial charge is 0.445 e. The molecule has 1 amide bonds. The second kappa shape index (κ2) is 12.4. The molecule has 1 aliphatic heterocycles. The first-order valence-electron chi connectivity index (χ1n) is 13.6. The Balaban J connectivity index is 1.67. The second-order valence-electron chi connectivity index (χ2n) is 10.9. The minimum absolute atomic E-state index is 0.0842. The molecule has 12 heteroatoms. The summed E-state index contributed by atoms with van der Waals surface area (Å²) in [5, 5.41) is 9.79. The van der Waals surface area contributed by atoms with Crippen LogP contribution in [0.3, 0.4) is 0 Å². The van der Waals surface area contributed by atoms with Crippen molar-refractivity contribution in [1.82, 2.24) is 4.90 Å². The molecule has 1 heterocycles. The first-order valence-corrected chi connectivity index (χ1v) is 13.6. The van der Waals surface area contributed by atoms with E-state index in [1.165, 1.54) is 11.8 Å². The van der Waals surface area contributed by atoms with E-state index in [2.05, 4.69) is 0 Å². The molecular weight excluding hydrogens is 576 g/mol. The van der Waals surface area contributed by atoms with Crippen LogP contribution in [0.15, 0.2) is 84.0 Å². The molecule has 6 nitrogen and oxygen atoms in total. The van der Waals surface area contributed by atoms with Crippen molar-refractivity contribution in [3.05, 3.63) is 95.1 Å². The average Bonchev–Trinajstić information content (AvgIpc) is 2.99. The van der Waals surface area contributed by atoms with Crippen LogP contribution in [0.5, 0.6) is 0 Å². The van der Waals surface area contributed by atoms with Crippen molar-refractivity contribution in [2.75, 3.05) is 13.2 Å². The number of piperidine rings is 1. The van der Waals surface area contributed by atoms with Crippen molar-refractivity contribution in [3.63, 3.8) is 0 Å². The van der Waals surface area contributed by atoms with E-state index in [0.717, 1.165) is 6.08 Å². The fourth-order valence-corrected chi connectivity index (χ4v) is 5.34. The van der Waals surface area contributed by atoms with Gasteiger partial charge in [-0.15, -0.1) is 0 Å². The predicted octanol–water partition coefficient (Wildman–Crippen LogP) is 6.94. The monoisotopic (exact) mass is 607 g/mol.